The average Bonchev–Trinajstić information content (AvgIpc) is 2.77. The maximum atomic E-state index is 13.1. The van der Waals surface area contributed by atoms with Crippen LogP contribution >= 0.6 is 0 Å². The molecule has 7 heteroatoms. The third kappa shape index (κ3) is 4.99. The molecule has 7 nitrogen and oxygen atoms in total. The van der Waals surface area contributed by atoms with Gasteiger partial charge in [-0.05, 0) is 31.5 Å². The van der Waals surface area contributed by atoms with Gasteiger partial charge in [-0.25, -0.2) is 0 Å². The van der Waals surface area contributed by atoms with Gasteiger partial charge >= 0.3 is 0 Å². The number of rotatable bonds is 6. The topological polar surface area (TPSA) is 73.8 Å². The van der Waals surface area contributed by atoms with Crippen molar-refractivity contribution < 1.29 is 14.4 Å². The molecule has 0 radical (unpaired) electrons. The normalized spacial score (nSPS) is 14.0. The van der Waals surface area contributed by atoms with Crippen molar-refractivity contribution in [3.05, 3.63) is 65.5 Å². The van der Waals surface area contributed by atoms with Crippen LogP contribution in [-0.4, -0.2) is 70.1 Å². The Morgan fingerprint density at radius 2 is 1.79 bits per heavy atom. The molecule has 1 fully saturated rings. The van der Waals surface area contributed by atoms with E-state index in [0.717, 1.165) is 12.0 Å². The Hall–Kier alpha value is -3.22. The zero-order valence-corrected chi connectivity index (χ0v) is 16.8. The molecular formula is C22H26N4O3. The summed E-state index contributed by atoms with van der Waals surface area (Å²) in [4.78, 5) is 46.1. The quantitative estimate of drug-likeness (QED) is 0.703. The molecule has 0 aliphatic carbocycles. The van der Waals surface area contributed by atoms with Gasteiger partial charge < -0.3 is 14.7 Å². The van der Waals surface area contributed by atoms with Gasteiger partial charge in [0.1, 0.15) is 5.69 Å². The molecule has 1 aromatic heterocycles. The first-order valence-electron chi connectivity index (χ1n) is 9.79. The summed E-state index contributed by atoms with van der Waals surface area (Å²) in [5.41, 5.74) is 1.73. The summed E-state index contributed by atoms with van der Waals surface area (Å²) in [6.45, 7) is 6.40. The van der Waals surface area contributed by atoms with E-state index in [0.29, 0.717) is 38.3 Å². The number of carbonyl (C=O) groups is 3. The van der Waals surface area contributed by atoms with E-state index < -0.39 is 0 Å². The summed E-state index contributed by atoms with van der Waals surface area (Å²) in [7, 11) is 0. The Morgan fingerprint density at radius 3 is 2.41 bits per heavy atom. The molecule has 0 spiro atoms. The number of hydrogen-bond donors (Lipinski definition) is 0. The van der Waals surface area contributed by atoms with Crippen molar-refractivity contribution in [2.45, 2.75) is 26.4 Å². The minimum Gasteiger partial charge on any atom is -0.342 e. The Balaban J connectivity index is 1.75. The van der Waals surface area contributed by atoms with Gasteiger partial charge in [0.2, 0.25) is 6.41 Å². The SMILES string of the molecule is CC(C)N(Cc1ccccc1)C(=O)c1cc(C(=O)N2CCN(C=O)CC2)ccn1. The predicted molar refractivity (Wildman–Crippen MR) is 109 cm³/mol. The van der Waals surface area contributed by atoms with Crippen LogP contribution < -0.4 is 0 Å². The fourth-order valence-corrected chi connectivity index (χ4v) is 3.31. The van der Waals surface area contributed by atoms with Crippen molar-refractivity contribution in [3.63, 3.8) is 0 Å². The van der Waals surface area contributed by atoms with Crippen LogP contribution in [0.3, 0.4) is 0 Å². The standard InChI is InChI=1S/C22H26N4O3/c1-17(2)26(15-18-6-4-3-5-7-18)22(29)20-14-19(8-9-23-20)21(28)25-12-10-24(16-27)11-13-25/h3-9,14,16-17H,10-13,15H2,1-2H3. The molecule has 1 aliphatic rings. The Labute approximate surface area is 170 Å². The molecular weight excluding hydrogens is 368 g/mol. The van der Waals surface area contributed by atoms with Crippen molar-refractivity contribution in [2.24, 2.45) is 0 Å². The minimum absolute atomic E-state index is 0.0136. The number of carbonyl (C=O) groups excluding carboxylic acids is 3. The van der Waals surface area contributed by atoms with Crippen molar-refractivity contribution in [3.8, 4) is 0 Å². The summed E-state index contributed by atoms with van der Waals surface area (Å²) in [6, 6.07) is 13.0. The van der Waals surface area contributed by atoms with Crippen LogP contribution in [0.15, 0.2) is 48.7 Å². The molecule has 2 heterocycles. The molecule has 1 aliphatic heterocycles. The maximum Gasteiger partial charge on any atom is 0.272 e. The van der Waals surface area contributed by atoms with Gasteiger partial charge in [0.15, 0.2) is 0 Å². The second kappa shape index (κ2) is 9.32. The molecule has 1 aromatic carbocycles. The Kier molecular flexibility index (Phi) is 6.59. The third-order valence-corrected chi connectivity index (χ3v) is 5.06. The highest BCUT2D eigenvalue weighted by Gasteiger charge is 2.24. The second-order valence-corrected chi connectivity index (χ2v) is 7.38. The molecule has 152 valence electrons. The van der Waals surface area contributed by atoms with E-state index >= 15 is 0 Å². The van der Waals surface area contributed by atoms with Crippen LogP contribution in [0.1, 0.15) is 40.3 Å². The number of piperazine rings is 1. The number of nitrogens with zero attached hydrogens (tertiary/aromatic N) is 4. The van der Waals surface area contributed by atoms with Crippen LogP contribution in [0.4, 0.5) is 0 Å². The van der Waals surface area contributed by atoms with E-state index in [1.165, 1.54) is 6.20 Å². The summed E-state index contributed by atoms with van der Waals surface area (Å²) in [5, 5.41) is 0. The highest BCUT2D eigenvalue weighted by molar-refractivity contribution is 5.98. The largest absolute Gasteiger partial charge is 0.342 e. The molecule has 0 N–H and O–H groups in total. The first-order valence-corrected chi connectivity index (χ1v) is 9.79. The van der Waals surface area contributed by atoms with Crippen molar-refractivity contribution in [2.75, 3.05) is 26.2 Å². The smallest absolute Gasteiger partial charge is 0.272 e. The fourth-order valence-electron chi connectivity index (χ4n) is 3.31. The van der Waals surface area contributed by atoms with Crippen molar-refractivity contribution >= 4 is 18.2 Å². The Morgan fingerprint density at radius 1 is 1.10 bits per heavy atom. The van der Waals surface area contributed by atoms with Crippen molar-refractivity contribution in [1.82, 2.24) is 19.7 Å². The third-order valence-electron chi connectivity index (χ3n) is 5.06. The number of aromatic nitrogens is 1. The average molecular weight is 394 g/mol. The number of hydrogen-bond acceptors (Lipinski definition) is 4. The van der Waals surface area contributed by atoms with Gasteiger partial charge in [-0.1, -0.05) is 30.3 Å². The first kappa shape index (κ1) is 20.5. The van der Waals surface area contributed by atoms with E-state index in [9.17, 15) is 14.4 Å². The first-order chi connectivity index (χ1) is 14.0. The van der Waals surface area contributed by atoms with Crippen LogP contribution in [0.5, 0.6) is 0 Å². The maximum absolute atomic E-state index is 13.1. The molecule has 29 heavy (non-hydrogen) atoms. The summed E-state index contributed by atoms with van der Waals surface area (Å²) in [5.74, 6) is -0.351. The fraction of sp³-hybridized carbons (Fsp3) is 0.364. The Bertz CT molecular complexity index is 861. The zero-order chi connectivity index (χ0) is 20.8. The lowest BCUT2D eigenvalue weighted by atomic mass is 10.1. The number of amides is 3. The van der Waals surface area contributed by atoms with Gasteiger partial charge in [0.25, 0.3) is 11.8 Å². The van der Waals surface area contributed by atoms with Gasteiger partial charge in [-0.2, -0.15) is 0 Å². The second-order valence-electron chi connectivity index (χ2n) is 7.38. The van der Waals surface area contributed by atoms with E-state index in [1.807, 2.05) is 44.2 Å². The zero-order valence-electron chi connectivity index (χ0n) is 16.8. The molecule has 2 aromatic rings. The van der Waals surface area contributed by atoms with Crippen molar-refractivity contribution in [1.29, 1.82) is 0 Å². The van der Waals surface area contributed by atoms with Crippen LogP contribution in [0, 0.1) is 0 Å². The molecule has 0 saturated carbocycles. The van der Waals surface area contributed by atoms with Crippen LogP contribution in [-0.2, 0) is 11.3 Å². The van der Waals surface area contributed by atoms with Crippen LogP contribution in [0.25, 0.3) is 0 Å². The molecule has 0 atom stereocenters. The summed E-state index contributed by atoms with van der Waals surface area (Å²) >= 11 is 0. The van der Waals surface area contributed by atoms with Crippen LogP contribution in [0.2, 0.25) is 0 Å². The van der Waals surface area contributed by atoms with E-state index in [2.05, 4.69) is 4.98 Å². The molecule has 0 unspecified atom stereocenters. The highest BCUT2D eigenvalue weighted by atomic mass is 16.2. The predicted octanol–water partition coefficient (Wildman–Crippen LogP) is 2.05. The number of pyridine rings is 1. The molecule has 3 rings (SSSR count). The van der Waals surface area contributed by atoms with E-state index in [-0.39, 0.29) is 23.6 Å². The lowest BCUT2D eigenvalue weighted by Gasteiger charge is -2.32. The lowest BCUT2D eigenvalue weighted by molar-refractivity contribution is -0.119. The minimum atomic E-state index is -0.204. The highest BCUT2D eigenvalue weighted by Crippen LogP contribution is 2.15. The van der Waals surface area contributed by atoms with Gasteiger partial charge in [-0.15, -0.1) is 0 Å². The van der Waals surface area contributed by atoms with E-state index in [1.54, 1.807) is 26.8 Å². The summed E-state index contributed by atoms with van der Waals surface area (Å²) < 4.78 is 0. The monoisotopic (exact) mass is 394 g/mol. The lowest BCUT2D eigenvalue weighted by Crippen LogP contribution is -2.48. The van der Waals surface area contributed by atoms with Gasteiger partial charge in [0, 0.05) is 50.5 Å². The molecule has 0 bridgehead atoms. The number of benzene rings is 1. The molecule has 1 saturated heterocycles. The van der Waals surface area contributed by atoms with Gasteiger partial charge in [0.05, 0.1) is 0 Å². The van der Waals surface area contributed by atoms with E-state index in [4.69, 9.17) is 0 Å². The molecule has 3 amide bonds. The summed E-state index contributed by atoms with van der Waals surface area (Å²) in [6.07, 6.45) is 2.31. The van der Waals surface area contributed by atoms with Gasteiger partial charge in [-0.3, -0.25) is 19.4 Å².